The van der Waals surface area contributed by atoms with Crippen molar-refractivity contribution >= 4 is 38.7 Å². The fraction of sp³-hybridized carbons (Fsp3) is 0.105. The third kappa shape index (κ3) is 3.37. The zero-order valence-corrected chi connectivity index (χ0v) is 14.8. The number of amides is 1. The second kappa shape index (κ2) is 6.84. The van der Waals surface area contributed by atoms with Gasteiger partial charge in [0.1, 0.15) is 17.6 Å². The van der Waals surface area contributed by atoms with Gasteiger partial charge < -0.3 is 14.8 Å². The molecule has 0 bridgehead atoms. The van der Waals surface area contributed by atoms with Crippen LogP contribution in [-0.2, 0) is 0 Å². The Morgan fingerprint density at radius 2 is 2.08 bits per heavy atom. The number of rotatable bonds is 5. The number of hydrogen-bond donors (Lipinski definition) is 2. The van der Waals surface area contributed by atoms with Gasteiger partial charge in [-0.2, -0.15) is 11.3 Å². The van der Waals surface area contributed by atoms with Gasteiger partial charge in [-0.1, -0.05) is 18.2 Å². The van der Waals surface area contributed by atoms with Gasteiger partial charge in [-0.25, -0.2) is 0 Å². The van der Waals surface area contributed by atoms with Gasteiger partial charge in [0.05, 0.1) is 11.4 Å². The predicted octanol–water partition coefficient (Wildman–Crippen LogP) is 4.69. The lowest BCUT2D eigenvalue weighted by Crippen LogP contribution is -2.27. The average Bonchev–Trinajstić information content (AvgIpc) is 3.38. The monoisotopic (exact) mass is 369 g/mol. The van der Waals surface area contributed by atoms with Crippen molar-refractivity contribution in [2.75, 3.05) is 6.54 Å². The molecule has 0 saturated heterocycles. The van der Waals surface area contributed by atoms with Crippen molar-refractivity contribution < 1.29 is 14.3 Å². The van der Waals surface area contributed by atoms with Gasteiger partial charge in [0.2, 0.25) is 0 Å². The summed E-state index contributed by atoms with van der Waals surface area (Å²) < 4.78 is 6.75. The van der Waals surface area contributed by atoms with E-state index in [1.807, 2.05) is 53.2 Å². The van der Waals surface area contributed by atoms with Crippen molar-refractivity contribution in [2.45, 2.75) is 6.10 Å². The van der Waals surface area contributed by atoms with Crippen LogP contribution in [0.5, 0.6) is 0 Å². The van der Waals surface area contributed by atoms with Gasteiger partial charge >= 0.3 is 0 Å². The molecule has 6 heteroatoms. The highest BCUT2D eigenvalue weighted by Gasteiger charge is 2.16. The summed E-state index contributed by atoms with van der Waals surface area (Å²) in [4.78, 5) is 12.9. The Kier molecular flexibility index (Phi) is 4.40. The first-order valence-electron chi connectivity index (χ1n) is 7.78. The fourth-order valence-corrected chi connectivity index (χ4v) is 4.19. The SMILES string of the molecule is O=C(NC[C@@H](O)c1ccc(-c2ccsc2)o1)c1cc2ccccc2s1. The second-order valence-electron chi connectivity index (χ2n) is 5.59. The van der Waals surface area contributed by atoms with Crippen LogP contribution in [0.25, 0.3) is 21.4 Å². The third-order valence-electron chi connectivity index (χ3n) is 3.87. The van der Waals surface area contributed by atoms with E-state index in [1.165, 1.54) is 11.3 Å². The Bertz CT molecular complexity index is 968. The molecule has 0 unspecified atom stereocenters. The second-order valence-corrected chi connectivity index (χ2v) is 7.45. The van der Waals surface area contributed by atoms with Crippen LogP contribution in [0.2, 0.25) is 0 Å². The van der Waals surface area contributed by atoms with Crippen LogP contribution in [0.4, 0.5) is 0 Å². The summed E-state index contributed by atoms with van der Waals surface area (Å²) in [6.45, 7) is 0.101. The maximum absolute atomic E-state index is 12.3. The molecule has 0 saturated carbocycles. The Morgan fingerprint density at radius 1 is 1.20 bits per heavy atom. The molecule has 0 aliphatic carbocycles. The molecule has 25 heavy (non-hydrogen) atoms. The topological polar surface area (TPSA) is 62.5 Å². The normalized spacial score (nSPS) is 12.4. The van der Waals surface area contributed by atoms with E-state index in [0.29, 0.717) is 16.4 Å². The van der Waals surface area contributed by atoms with Crippen LogP contribution in [0, 0.1) is 0 Å². The van der Waals surface area contributed by atoms with Crippen LogP contribution in [0.15, 0.2) is 63.7 Å². The van der Waals surface area contributed by atoms with Gasteiger partial charge in [0, 0.05) is 15.6 Å². The van der Waals surface area contributed by atoms with Crippen molar-refractivity contribution in [3.63, 3.8) is 0 Å². The highest BCUT2D eigenvalue weighted by atomic mass is 32.1. The van der Waals surface area contributed by atoms with Crippen molar-refractivity contribution in [3.05, 3.63) is 69.9 Å². The number of furan rings is 1. The molecule has 1 amide bonds. The summed E-state index contributed by atoms with van der Waals surface area (Å²) in [5, 5.41) is 18.0. The Hall–Kier alpha value is -2.41. The van der Waals surface area contributed by atoms with Crippen molar-refractivity contribution in [2.24, 2.45) is 0 Å². The minimum absolute atomic E-state index is 0.101. The molecule has 3 aromatic heterocycles. The molecule has 4 rings (SSSR count). The van der Waals surface area contributed by atoms with Gasteiger partial charge in [-0.15, -0.1) is 11.3 Å². The summed E-state index contributed by atoms with van der Waals surface area (Å²) in [7, 11) is 0. The number of carbonyl (C=O) groups excluding carboxylic acids is 1. The van der Waals surface area contributed by atoms with Crippen molar-refractivity contribution in [3.8, 4) is 11.3 Å². The molecule has 2 N–H and O–H groups in total. The molecule has 4 aromatic rings. The van der Waals surface area contributed by atoms with Gasteiger partial charge in [0.25, 0.3) is 5.91 Å². The average molecular weight is 369 g/mol. The van der Waals surface area contributed by atoms with E-state index < -0.39 is 6.10 Å². The maximum atomic E-state index is 12.3. The summed E-state index contributed by atoms with van der Waals surface area (Å²) >= 11 is 3.03. The number of fused-ring (bicyclic) bond motifs is 1. The van der Waals surface area contributed by atoms with E-state index in [-0.39, 0.29) is 12.5 Å². The van der Waals surface area contributed by atoms with Crippen molar-refractivity contribution in [1.82, 2.24) is 5.32 Å². The molecule has 0 radical (unpaired) electrons. The number of thiophene rings is 2. The third-order valence-corrected chi connectivity index (χ3v) is 5.66. The molecule has 0 fully saturated rings. The lowest BCUT2D eigenvalue weighted by molar-refractivity contribution is 0.0906. The first-order valence-corrected chi connectivity index (χ1v) is 9.54. The summed E-state index contributed by atoms with van der Waals surface area (Å²) in [5.41, 5.74) is 0.984. The zero-order chi connectivity index (χ0) is 17.2. The lowest BCUT2D eigenvalue weighted by atomic mass is 10.2. The Balaban J connectivity index is 1.41. The number of aliphatic hydroxyl groups excluding tert-OH is 1. The van der Waals surface area contributed by atoms with E-state index in [4.69, 9.17) is 4.42 Å². The lowest BCUT2D eigenvalue weighted by Gasteiger charge is -2.08. The van der Waals surface area contributed by atoms with Crippen LogP contribution in [0.1, 0.15) is 21.5 Å². The van der Waals surface area contributed by atoms with Crippen LogP contribution in [0.3, 0.4) is 0 Å². The number of aliphatic hydroxyl groups is 1. The number of nitrogens with one attached hydrogen (secondary N) is 1. The molecule has 126 valence electrons. The largest absolute Gasteiger partial charge is 0.458 e. The highest BCUT2D eigenvalue weighted by molar-refractivity contribution is 7.20. The van der Waals surface area contributed by atoms with Crippen LogP contribution >= 0.6 is 22.7 Å². The summed E-state index contributed by atoms with van der Waals surface area (Å²) in [5.74, 6) is 0.967. The van der Waals surface area contributed by atoms with E-state index in [0.717, 1.165) is 15.6 Å². The first kappa shape index (κ1) is 16.1. The van der Waals surface area contributed by atoms with Gasteiger partial charge in [-0.3, -0.25) is 4.79 Å². The van der Waals surface area contributed by atoms with Crippen LogP contribution < -0.4 is 5.32 Å². The molecular weight excluding hydrogens is 354 g/mol. The van der Waals surface area contributed by atoms with E-state index >= 15 is 0 Å². The molecule has 0 aliphatic rings. The molecule has 3 heterocycles. The number of benzene rings is 1. The number of carbonyl (C=O) groups is 1. The van der Waals surface area contributed by atoms with Crippen LogP contribution in [-0.4, -0.2) is 17.6 Å². The molecule has 1 aromatic carbocycles. The Morgan fingerprint density at radius 3 is 2.88 bits per heavy atom. The van der Waals surface area contributed by atoms with Crippen molar-refractivity contribution in [1.29, 1.82) is 0 Å². The number of hydrogen-bond acceptors (Lipinski definition) is 5. The molecule has 4 nitrogen and oxygen atoms in total. The summed E-state index contributed by atoms with van der Waals surface area (Å²) in [6, 6.07) is 15.3. The predicted molar refractivity (Wildman–Crippen MR) is 101 cm³/mol. The summed E-state index contributed by atoms with van der Waals surface area (Å²) in [6.07, 6.45) is -0.884. The minimum Gasteiger partial charge on any atom is -0.458 e. The maximum Gasteiger partial charge on any atom is 0.261 e. The fourth-order valence-electron chi connectivity index (χ4n) is 2.56. The standard InChI is InChI=1S/C19H15NO3S2/c21-14(16-6-5-15(23-16)13-7-8-24-11-13)10-20-19(22)18-9-12-3-1-2-4-17(12)25-18/h1-9,11,14,21H,10H2,(H,20,22)/t14-/m1/s1. The first-order chi connectivity index (χ1) is 12.2. The quantitative estimate of drug-likeness (QED) is 0.537. The van der Waals surface area contributed by atoms with E-state index in [1.54, 1.807) is 17.4 Å². The van der Waals surface area contributed by atoms with E-state index in [9.17, 15) is 9.90 Å². The van der Waals surface area contributed by atoms with Gasteiger partial charge in [0.15, 0.2) is 0 Å². The Labute approximate surface area is 152 Å². The van der Waals surface area contributed by atoms with E-state index in [2.05, 4.69) is 5.32 Å². The highest BCUT2D eigenvalue weighted by Crippen LogP contribution is 2.27. The zero-order valence-electron chi connectivity index (χ0n) is 13.1. The minimum atomic E-state index is -0.884. The molecular formula is C19H15NO3S2. The smallest absolute Gasteiger partial charge is 0.261 e. The molecule has 0 aliphatic heterocycles. The van der Waals surface area contributed by atoms with Gasteiger partial charge in [-0.05, 0) is 41.1 Å². The molecule has 0 spiro atoms. The molecule has 1 atom stereocenters.